The number of nitrogens with two attached hydrogens (primary N) is 1. The molecule has 0 saturated carbocycles. The fraction of sp³-hybridized carbons (Fsp3) is 0.188. The van der Waals surface area contributed by atoms with Gasteiger partial charge in [0.25, 0.3) is 5.91 Å². The predicted molar refractivity (Wildman–Crippen MR) is 92.8 cm³/mol. The Bertz CT molecular complexity index is 710. The molecule has 0 aliphatic rings. The van der Waals surface area contributed by atoms with E-state index in [9.17, 15) is 9.18 Å². The molecule has 2 aromatic carbocycles. The number of likely N-dealkylation sites (N-methyl/N-ethyl adjacent to an activating group) is 1. The van der Waals surface area contributed by atoms with Crippen LogP contribution in [0, 0.1) is 5.82 Å². The maximum absolute atomic E-state index is 13.9. The summed E-state index contributed by atoms with van der Waals surface area (Å²) in [6.07, 6.45) is 0. The number of nitrogens with zero attached hydrogens (tertiary/aromatic N) is 1. The lowest BCUT2D eigenvalue weighted by Gasteiger charge is -2.22. The summed E-state index contributed by atoms with van der Waals surface area (Å²) in [5, 5.41) is 0.630. The van der Waals surface area contributed by atoms with E-state index in [0.29, 0.717) is 34.1 Å². The van der Waals surface area contributed by atoms with Crippen molar-refractivity contribution in [1.29, 1.82) is 0 Å². The number of anilines is 1. The Hall–Kier alpha value is -1.79. The van der Waals surface area contributed by atoms with Crippen LogP contribution in [-0.4, -0.2) is 26.1 Å². The van der Waals surface area contributed by atoms with Gasteiger partial charge in [0.05, 0.1) is 17.8 Å². The fourth-order valence-electron chi connectivity index (χ4n) is 2.06. The summed E-state index contributed by atoms with van der Waals surface area (Å²) in [5.74, 6) is -0.791. The lowest BCUT2D eigenvalue weighted by molar-refractivity contribution is 0.0997. The average molecular weight is 402 g/mol. The Morgan fingerprint density at radius 2 is 2.00 bits per heavy atom. The Labute approximate surface area is 147 Å². The molecule has 0 atom stereocenters. The highest BCUT2D eigenvalue weighted by atomic mass is 79.9. The van der Waals surface area contributed by atoms with E-state index in [4.69, 9.17) is 22.1 Å². The van der Waals surface area contributed by atoms with E-state index in [1.165, 1.54) is 6.07 Å². The molecule has 2 aromatic rings. The van der Waals surface area contributed by atoms with Crippen molar-refractivity contribution in [2.75, 3.05) is 25.1 Å². The molecule has 0 bridgehead atoms. The summed E-state index contributed by atoms with van der Waals surface area (Å²) in [6, 6.07) is 9.84. The van der Waals surface area contributed by atoms with Crippen LogP contribution in [0.1, 0.15) is 10.4 Å². The van der Waals surface area contributed by atoms with Gasteiger partial charge < -0.3 is 15.4 Å². The smallest absolute Gasteiger partial charge is 0.253 e. The normalized spacial score (nSPS) is 10.4. The molecule has 23 heavy (non-hydrogen) atoms. The third kappa shape index (κ3) is 4.59. The topological polar surface area (TPSA) is 55.6 Å². The standard InChI is InChI=1S/C16H15BrClFN2O2/c1-21(6-7-23-12-4-2-11(18)3-5-12)14-9-10(17)8-13(19)15(14)16(20)22/h2-5,8-9H,6-7H2,1H3,(H2,20,22). The van der Waals surface area contributed by atoms with Crippen LogP contribution >= 0.6 is 27.5 Å². The highest BCUT2D eigenvalue weighted by Gasteiger charge is 2.18. The minimum atomic E-state index is -0.810. The second kappa shape index (κ2) is 7.66. The first kappa shape index (κ1) is 17.6. The molecule has 0 fully saturated rings. The molecule has 0 saturated heterocycles. The molecule has 0 spiro atoms. The minimum absolute atomic E-state index is 0.137. The summed E-state index contributed by atoms with van der Waals surface area (Å²) in [7, 11) is 1.73. The molecule has 2 rings (SSSR count). The molecule has 1 amide bonds. The summed E-state index contributed by atoms with van der Waals surface area (Å²) in [5.41, 5.74) is 5.54. The first-order chi connectivity index (χ1) is 10.9. The van der Waals surface area contributed by atoms with Crippen molar-refractivity contribution in [2.45, 2.75) is 0 Å². The second-order valence-corrected chi connectivity index (χ2v) is 6.22. The average Bonchev–Trinajstić information content (AvgIpc) is 2.47. The molecule has 0 heterocycles. The molecule has 0 unspecified atom stereocenters. The lowest BCUT2D eigenvalue weighted by Crippen LogP contribution is -2.27. The maximum atomic E-state index is 13.9. The second-order valence-electron chi connectivity index (χ2n) is 4.87. The van der Waals surface area contributed by atoms with E-state index in [-0.39, 0.29) is 5.56 Å². The number of benzene rings is 2. The van der Waals surface area contributed by atoms with Crippen molar-refractivity contribution in [1.82, 2.24) is 0 Å². The molecule has 0 aliphatic heterocycles. The van der Waals surface area contributed by atoms with Crippen LogP contribution in [0.25, 0.3) is 0 Å². The van der Waals surface area contributed by atoms with Gasteiger partial charge >= 0.3 is 0 Å². The van der Waals surface area contributed by atoms with E-state index in [1.807, 2.05) is 0 Å². The number of amides is 1. The van der Waals surface area contributed by atoms with Gasteiger partial charge in [-0.3, -0.25) is 4.79 Å². The fourth-order valence-corrected chi connectivity index (χ4v) is 2.60. The van der Waals surface area contributed by atoms with Gasteiger partial charge in [0.1, 0.15) is 18.2 Å². The quantitative estimate of drug-likeness (QED) is 0.800. The van der Waals surface area contributed by atoms with Crippen molar-refractivity contribution in [3.05, 3.63) is 57.3 Å². The van der Waals surface area contributed by atoms with Crippen LogP contribution in [0.15, 0.2) is 40.9 Å². The Balaban J connectivity index is 2.07. The van der Waals surface area contributed by atoms with Gasteiger partial charge in [-0.1, -0.05) is 27.5 Å². The van der Waals surface area contributed by atoms with Gasteiger partial charge in [-0.05, 0) is 36.4 Å². The van der Waals surface area contributed by atoms with Gasteiger partial charge in [0, 0.05) is 16.5 Å². The summed E-state index contributed by atoms with van der Waals surface area (Å²) >= 11 is 9.02. The highest BCUT2D eigenvalue weighted by Crippen LogP contribution is 2.27. The molecule has 4 nitrogen and oxygen atoms in total. The molecular formula is C16H15BrClFN2O2. The largest absolute Gasteiger partial charge is 0.492 e. The van der Waals surface area contributed by atoms with E-state index in [2.05, 4.69) is 15.9 Å². The molecule has 0 aromatic heterocycles. The first-order valence-corrected chi connectivity index (χ1v) is 7.94. The monoisotopic (exact) mass is 400 g/mol. The number of primary amides is 1. The third-order valence-corrected chi connectivity index (χ3v) is 3.91. The van der Waals surface area contributed by atoms with Crippen LogP contribution in [0.2, 0.25) is 5.02 Å². The number of ether oxygens (including phenoxy) is 1. The Morgan fingerprint density at radius 1 is 1.35 bits per heavy atom. The van der Waals surface area contributed by atoms with Crippen molar-refractivity contribution < 1.29 is 13.9 Å². The minimum Gasteiger partial charge on any atom is -0.492 e. The summed E-state index contributed by atoms with van der Waals surface area (Å²) in [6.45, 7) is 0.795. The molecule has 0 aliphatic carbocycles. The molecule has 7 heteroatoms. The molecular weight excluding hydrogens is 387 g/mol. The zero-order valence-electron chi connectivity index (χ0n) is 12.4. The molecule has 2 N–H and O–H groups in total. The number of hydrogen-bond donors (Lipinski definition) is 1. The van der Waals surface area contributed by atoms with Crippen molar-refractivity contribution in [3.8, 4) is 5.75 Å². The number of hydrogen-bond acceptors (Lipinski definition) is 3. The zero-order chi connectivity index (χ0) is 17.0. The number of halogens is 3. The van der Waals surface area contributed by atoms with Gasteiger partial charge in [-0.2, -0.15) is 0 Å². The molecule has 122 valence electrons. The number of rotatable bonds is 6. The Morgan fingerprint density at radius 3 is 2.61 bits per heavy atom. The third-order valence-electron chi connectivity index (χ3n) is 3.20. The van der Waals surface area contributed by atoms with Crippen molar-refractivity contribution >= 4 is 39.1 Å². The van der Waals surface area contributed by atoms with Crippen molar-refractivity contribution in [2.24, 2.45) is 5.73 Å². The van der Waals surface area contributed by atoms with E-state index < -0.39 is 11.7 Å². The summed E-state index contributed by atoms with van der Waals surface area (Å²) < 4.78 is 20.1. The van der Waals surface area contributed by atoms with Gasteiger partial charge in [-0.15, -0.1) is 0 Å². The Kier molecular flexibility index (Phi) is 5.85. The zero-order valence-corrected chi connectivity index (χ0v) is 14.7. The van der Waals surface area contributed by atoms with Gasteiger partial charge in [0.2, 0.25) is 0 Å². The lowest BCUT2D eigenvalue weighted by atomic mass is 10.1. The SMILES string of the molecule is CN(CCOc1ccc(Cl)cc1)c1cc(Br)cc(F)c1C(N)=O. The van der Waals surface area contributed by atoms with Gasteiger partial charge in [0.15, 0.2) is 0 Å². The van der Waals surface area contributed by atoms with E-state index in [1.54, 1.807) is 42.3 Å². The van der Waals surface area contributed by atoms with E-state index in [0.717, 1.165) is 0 Å². The van der Waals surface area contributed by atoms with Crippen LogP contribution < -0.4 is 15.4 Å². The maximum Gasteiger partial charge on any atom is 0.253 e. The number of carbonyl (C=O) groups is 1. The molecule has 0 radical (unpaired) electrons. The van der Waals surface area contributed by atoms with Crippen LogP contribution in [-0.2, 0) is 0 Å². The first-order valence-electron chi connectivity index (χ1n) is 6.77. The van der Waals surface area contributed by atoms with E-state index >= 15 is 0 Å². The van der Waals surface area contributed by atoms with Crippen molar-refractivity contribution in [3.63, 3.8) is 0 Å². The van der Waals surface area contributed by atoms with Crippen LogP contribution in [0.4, 0.5) is 10.1 Å². The predicted octanol–water partition coefficient (Wildman–Crippen LogP) is 3.86. The van der Waals surface area contributed by atoms with Gasteiger partial charge in [-0.25, -0.2) is 4.39 Å². The van der Waals surface area contributed by atoms with Crippen LogP contribution in [0.3, 0.4) is 0 Å². The highest BCUT2D eigenvalue weighted by molar-refractivity contribution is 9.10. The summed E-state index contributed by atoms with van der Waals surface area (Å²) in [4.78, 5) is 13.2. The number of carbonyl (C=O) groups excluding carboxylic acids is 1. The van der Waals surface area contributed by atoms with Crippen LogP contribution in [0.5, 0.6) is 5.75 Å².